The Morgan fingerprint density at radius 3 is 2.71 bits per heavy atom. The summed E-state index contributed by atoms with van der Waals surface area (Å²) in [6.45, 7) is 4.07. The highest BCUT2D eigenvalue weighted by molar-refractivity contribution is 4.91. The topological polar surface area (TPSA) is 82.0 Å². The van der Waals surface area contributed by atoms with E-state index >= 15 is 0 Å². The standard InChI is InChI=1S/C9H17NO4/c1-2-3-10-6-5-14-7(4-11)9(13)8(6)12/h2,6-13H,1,3-5H2. The van der Waals surface area contributed by atoms with Crippen LogP contribution in [0.3, 0.4) is 0 Å². The quantitative estimate of drug-likeness (QED) is 0.407. The summed E-state index contributed by atoms with van der Waals surface area (Å²) in [4.78, 5) is 0. The van der Waals surface area contributed by atoms with Crippen LogP contribution in [0.2, 0.25) is 0 Å². The average molecular weight is 203 g/mol. The molecule has 4 atom stereocenters. The number of aliphatic hydroxyl groups excluding tert-OH is 3. The third-order valence-corrected chi connectivity index (χ3v) is 2.34. The van der Waals surface area contributed by atoms with Crippen LogP contribution in [0.25, 0.3) is 0 Å². The third kappa shape index (κ3) is 2.52. The summed E-state index contributed by atoms with van der Waals surface area (Å²) in [6, 6.07) is -0.314. The second-order valence-corrected chi connectivity index (χ2v) is 3.34. The molecule has 5 heteroatoms. The largest absolute Gasteiger partial charge is 0.394 e. The lowest BCUT2D eigenvalue weighted by molar-refractivity contribution is -0.161. The Morgan fingerprint density at radius 1 is 1.43 bits per heavy atom. The molecule has 1 aliphatic heterocycles. The van der Waals surface area contributed by atoms with Crippen LogP contribution in [0.1, 0.15) is 0 Å². The van der Waals surface area contributed by atoms with Crippen LogP contribution >= 0.6 is 0 Å². The van der Waals surface area contributed by atoms with Crippen molar-refractivity contribution in [3.8, 4) is 0 Å². The van der Waals surface area contributed by atoms with Gasteiger partial charge in [0.15, 0.2) is 0 Å². The SMILES string of the molecule is C=CCNC1COC(CO)C(O)C1O. The first kappa shape index (κ1) is 11.6. The highest BCUT2D eigenvalue weighted by Crippen LogP contribution is 2.14. The lowest BCUT2D eigenvalue weighted by Gasteiger charge is -2.37. The zero-order chi connectivity index (χ0) is 10.6. The summed E-state index contributed by atoms with van der Waals surface area (Å²) in [5, 5.41) is 30.9. The Kier molecular flexibility index (Phi) is 4.50. The van der Waals surface area contributed by atoms with Crippen molar-refractivity contribution in [3.63, 3.8) is 0 Å². The average Bonchev–Trinajstić information content (AvgIpc) is 2.20. The van der Waals surface area contributed by atoms with Gasteiger partial charge in [-0.05, 0) is 0 Å². The molecule has 0 amide bonds. The van der Waals surface area contributed by atoms with E-state index in [1.165, 1.54) is 0 Å². The van der Waals surface area contributed by atoms with Gasteiger partial charge in [-0.2, -0.15) is 0 Å². The van der Waals surface area contributed by atoms with Crippen molar-refractivity contribution >= 4 is 0 Å². The van der Waals surface area contributed by atoms with Crippen molar-refractivity contribution in [1.29, 1.82) is 0 Å². The van der Waals surface area contributed by atoms with E-state index in [9.17, 15) is 10.2 Å². The van der Waals surface area contributed by atoms with E-state index in [1.54, 1.807) is 6.08 Å². The molecule has 0 aliphatic carbocycles. The highest BCUT2D eigenvalue weighted by atomic mass is 16.5. The van der Waals surface area contributed by atoms with Crippen molar-refractivity contribution in [2.24, 2.45) is 0 Å². The smallest absolute Gasteiger partial charge is 0.110 e. The summed E-state index contributed by atoms with van der Waals surface area (Å²) in [5.41, 5.74) is 0. The predicted octanol–water partition coefficient (Wildman–Crippen LogP) is -1.76. The summed E-state index contributed by atoms with van der Waals surface area (Å²) < 4.78 is 5.16. The summed E-state index contributed by atoms with van der Waals surface area (Å²) in [7, 11) is 0. The summed E-state index contributed by atoms with van der Waals surface area (Å²) >= 11 is 0. The predicted molar refractivity (Wildman–Crippen MR) is 50.8 cm³/mol. The van der Waals surface area contributed by atoms with Crippen LogP contribution < -0.4 is 5.32 Å². The van der Waals surface area contributed by atoms with Crippen molar-refractivity contribution in [2.45, 2.75) is 24.4 Å². The molecule has 5 nitrogen and oxygen atoms in total. The molecule has 4 unspecified atom stereocenters. The molecule has 4 N–H and O–H groups in total. The molecular formula is C9H17NO4. The van der Waals surface area contributed by atoms with Crippen molar-refractivity contribution in [3.05, 3.63) is 12.7 Å². The number of nitrogens with one attached hydrogen (secondary N) is 1. The molecule has 14 heavy (non-hydrogen) atoms. The van der Waals surface area contributed by atoms with Crippen molar-refractivity contribution in [2.75, 3.05) is 19.8 Å². The summed E-state index contributed by atoms with van der Waals surface area (Å²) in [5.74, 6) is 0. The maximum Gasteiger partial charge on any atom is 0.110 e. The van der Waals surface area contributed by atoms with Gasteiger partial charge >= 0.3 is 0 Å². The molecule has 1 rings (SSSR count). The Hall–Kier alpha value is -0.460. The number of hydrogen-bond acceptors (Lipinski definition) is 5. The van der Waals surface area contributed by atoms with E-state index in [0.717, 1.165) is 0 Å². The highest BCUT2D eigenvalue weighted by Gasteiger charge is 2.37. The van der Waals surface area contributed by atoms with Crippen LogP contribution in [0.4, 0.5) is 0 Å². The van der Waals surface area contributed by atoms with Gasteiger partial charge in [0.25, 0.3) is 0 Å². The Bertz CT molecular complexity index is 188. The molecule has 82 valence electrons. The van der Waals surface area contributed by atoms with E-state index in [4.69, 9.17) is 9.84 Å². The molecule has 0 aromatic heterocycles. The molecule has 0 radical (unpaired) electrons. The van der Waals surface area contributed by atoms with Gasteiger partial charge in [0.1, 0.15) is 18.3 Å². The van der Waals surface area contributed by atoms with E-state index in [2.05, 4.69) is 11.9 Å². The fraction of sp³-hybridized carbons (Fsp3) is 0.778. The van der Waals surface area contributed by atoms with Gasteiger partial charge in [-0.1, -0.05) is 6.08 Å². The number of hydrogen-bond donors (Lipinski definition) is 4. The van der Waals surface area contributed by atoms with Crippen LogP contribution in [0.5, 0.6) is 0 Å². The van der Waals surface area contributed by atoms with Crippen molar-refractivity contribution < 1.29 is 20.1 Å². The van der Waals surface area contributed by atoms with Gasteiger partial charge in [-0.15, -0.1) is 6.58 Å². The van der Waals surface area contributed by atoms with Gasteiger partial charge in [-0.3, -0.25) is 0 Å². The van der Waals surface area contributed by atoms with Crippen molar-refractivity contribution in [1.82, 2.24) is 5.32 Å². The lowest BCUT2D eigenvalue weighted by Crippen LogP contribution is -2.58. The summed E-state index contributed by atoms with van der Waals surface area (Å²) in [6.07, 6.45) is -0.985. The van der Waals surface area contributed by atoms with Gasteiger partial charge in [0, 0.05) is 6.54 Å². The monoisotopic (exact) mass is 203 g/mol. The minimum absolute atomic E-state index is 0.275. The molecule has 0 bridgehead atoms. The number of ether oxygens (including phenoxy) is 1. The first-order chi connectivity index (χ1) is 6.70. The first-order valence-electron chi connectivity index (χ1n) is 4.63. The second-order valence-electron chi connectivity index (χ2n) is 3.34. The molecule has 0 aromatic rings. The Morgan fingerprint density at radius 2 is 2.14 bits per heavy atom. The van der Waals surface area contributed by atoms with Crippen LogP contribution in [-0.2, 0) is 4.74 Å². The maximum atomic E-state index is 9.63. The fourth-order valence-electron chi connectivity index (χ4n) is 1.46. The molecule has 0 saturated carbocycles. The van der Waals surface area contributed by atoms with Crippen LogP contribution in [0, 0.1) is 0 Å². The Labute approximate surface area is 83.0 Å². The van der Waals surface area contributed by atoms with Gasteiger partial charge in [-0.25, -0.2) is 0 Å². The van der Waals surface area contributed by atoms with Gasteiger partial charge < -0.3 is 25.4 Å². The van der Waals surface area contributed by atoms with E-state index < -0.39 is 18.3 Å². The van der Waals surface area contributed by atoms with Crippen LogP contribution in [-0.4, -0.2) is 59.4 Å². The number of rotatable bonds is 4. The normalized spacial score (nSPS) is 38.2. The number of aliphatic hydroxyl groups is 3. The zero-order valence-electron chi connectivity index (χ0n) is 7.97. The minimum atomic E-state index is -1.05. The fourth-order valence-corrected chi connectivity index (χ4v) is 1.46. The maximum absolute atomic E-state index is 9.63. The van der Waals surface area contributed by atoms with Gasteiger partial charge in [0.05, 0.1) is 19.3 Å². The molecule has 1 fully saturated rings. The van der Waals surface area contributed by atoms with E-state index in [1.807, 2.05) is 0 Å². The second kappa shape index (κ2) is 5.43. The molecule has 1 heterocycles. The van der Waals surface area contributed by atoms with Gasteiger partial charge in [0.2, 0.25) is 0 Å². The molecule has 1 saturated heterocycles. The molecule has 0 aromatic carbocycles. The lowest BCUT2D eigenvalue weighted by atomic mass is 9.98. The Balaban J connectivity index is 2.46. The van der Waals surface area contributed by atoms with Crippen LogP contribution in [0.15, 0.2) is 12.7 Å². The first-order valence-corrected chi connectivity index (χ1v) is 4.63. The molecule has 0 spiro atoms. The molecular weight excluding hydrogens is 186 g/mol. The molecule has 1 aliphatic rings. The third-order valence-electron chi connectivity index (χ3n) is 2.34. The van der Waals surface area contributed by atoms with E-state index in [-0.39, 0.29) is 19.3 Å². The van der Waals surface area contributed by atoms with E-state index in [0.29, 0.717) is 6.54 Å². The minimum Gasteiger partial charge on any atom is -0.394 e. The zero-order valence-corrected chi connectivity index (χ0v) is 7.97.